The predicted octanol–water partition coefficient (Wildman–Crippen LogP) is 6.73. The van der Waals surface area contributed by atoms with Gasteiger partial charge in [-0.2, -0.15) is 0 Å². The number of hydrogen-bond donors (Lipinski definition) is 2. The highest BCUT2D eigenvalue weighted by Gasteiger charge is 2.40. The van der Waals surface area contributed by atoms with Gasteiger partial charge in [0.15, 0.2) is 17.3 Å². The van der Waals surface area contributed by atoms with E-state index >= 15 is 0 Å². The molecule has 0 saturated carbocycles. The largest absolute Gasteiger partial charge is 0.484 e. The van der Waals surface area contributed by atoms with Crippen molar-refractivity contribution in [2.45, 2.75) is 89.8 Å². The molecule has 1 saturated heterocycles. The van der Waals surface area contributed by atoms with E-state index in [9.17, 15) is 9.59 Å². The lowest BCUT2D eigenvalue weighted by molar-refractivity contribution is 0.0983. The van der Waals surface area contributed by atoms with E-state index in [2.05, 4.69) is 61.2 Å². The van der Waals surface area contributed by atoms with Gasteiger partial charge in [-0.1, -0.05) is 52.0 Å². The zero-order chi connectivity index (χ0) is 31.9. The minimum atomic E-state index is -0.328. The summed E-state index contributed by atoms with van der Waals surface area (Å²) in [5.41, 5.74) is 4.10. The summed E-state index contributed by atoms with van der Waals surface area (Å²) in [4.78, 5) is 32.7. The number of anilines is 1. The first kappa shape index (κ1) is 30.7. The Morgan fingerprint density at radius 2 is 1.84 bits per heavy atom. The van der Waals surface area contributed by atoms with Crippen LogP contribution in [-0.4, -0.2) is 49.9 Å². The summed E-state index contributed by atoms with van der Waals surface area (Å²) in [6, 6.07) is 15.0. The molecular weight excluding hydrogens is 566 g/mol. The van der Waals surface area contributed by atoms with Crippen molar-refractivity contribution in [3.05, 3.63) is 83.1 Å². The Morgan fingerprint density at radius 1 is 1.07 bits per heavy atom. The fraction of sp³-hybridized carbons (Fsp3) is 0.457. The molecule has 2 N–H and O–H groups in total. The second-order valence-electron chi connectivity index (χ2n) is 13.5. The van der Waals surface area contributed by atoms with E-state index in [0.717, 1.165) is 59.8 Å². The Balaban J connectivity index is 1.20. The molecular formula is C35H43N7O3. The van der Waals surface area contributed by atoms with Gasteiger partial charge >= 0.3 is 6.03 Å². The lowest BCUT2D eigenvalue weighted by Gasteiger charge is -2.32. The van der Waals surface area contributed by atoms with E-state index in [1.54, 1.807) is 6.07 Å². The van der Waals surface area contributed by atoms with Crippen molar-refractivity contribution >= 4 is 23.1 Å². The van der Waals surface area contributed by atoms with Crippen molar-refractivity contribution in [2.75, 3.05) is 18.9 Å². The average Bonchev–Trinajstić information content (AvgIpc) is 3.60. The number of nitrogens with one attached hydrogen (secondary N) is 2. The summed E-state index contributed by atoms with van der Waals surface area (Å²) in [5.74, 6) is 1.62. The quantitative estimate of drug-likeness (QED) is 0.223. The highest BCUT2D eigenvalue weighted by atomic mass is 16.5. The average molecular weight is 610 g/mol. The zero-order valence-corrected chi connectivity index (χ0v) is 27.1. The molecule has 3 aromatic heterocycles. The number of benzene rings is 1. The number of carbonyl (C=O) groups excluding carboxylic acids is 2. The molecule has 2 aliphatic rings. The van der Waals surface area contributed by atoms with Crippen molar-refractivity contribution in [1.82, 2.24) is 29.8 Å². The molecule has 2 amide bonds. The molecule has 10 nitrogen and oxygen atoms in total. The molecule has 0 unspecified atom stereocenters. The maximum atomic E-state index is 13.3. The molecule has 4 aromatic rings. The van der Waals surface area contributed by atoms with Crippen LogP contribution in [0.4, 0.5) is 10.5 Å². The minimum absolute atomic E-state index is 0.0587. The van der Waals surface area contributed by atoms with Crippen molar-refractivity contribution in [1.29, 1.82) is 0 Å². The van der Waals surface area contributed by atoms with Gasteiger partial charge in [0.1, 0.15) is 17.5 Å². The van der Waals surface area contributed by atoms with E-state index < -0.39 is 0 Å². The first-order valence-electron chi connectivity index (χ1n) is 15.9. The van der Waals surface area contributed by atoms with Crippen molar-refractivity contribution < 1.29 is 14.3 Å². The number of pyridine rings is 2. The Hall–Kier alpha value is -4.31. The first-order valence-corrected chi connectivity index (χ1v) is 15.9. The van der Waals surface area contributed by atoms with Gasteiger partial charge in [-0.25, -0.2) is 9.78 Å². The van der Waals surface area contributed by atoms with Crippen LogP contribution >= 0.6 is 0 Å². The normalized spacial score (nSPS) is 21.8. The smallest absolute Gasteiger partial charge is 0.319 e. The summed E-state index contributed by atoms with van der Waals surface area (Å²) in [7, 11) is 2.14. The molecule has 0 spiro atoms. The molecule has 1 fully saturated rings. The lowest BCUT2D eigenvalue weighted by atomic mass is 9.85. The molecule has 0 bridgehead atoms. The number of Topliss-reactive ketones (excluding diaryl/α,β-unsaturated/α-hetero) is 1. The maximum absolute atomic E-state index is 13.3. The van der Waals surface area contributed by atoms with Crippen LogP contribution < -0.4 is 15.4 Å². The molecule has 1 aromatic carbocycles. The predicted molar refractivity (Wildman–Crippen MR) is 174 cm³/mol. The van der Waals surface area contributed by atoms with Crippen LogP contribution in [0.3, 0.4) is 0 Å². The van der Waals surface area contributed by atoms with Gasteiger partial charge in [-0.15, -0.1) is 10.2 Å². The number of fused-ring (bicyclic) bond motifs is 2. The van der Waals surface area contributed by atoms with Gasteiger partial charge in [0.2, 0.25) is 0 Å². The number of nitrogens with zero attached hydrogens (tertiary/aromatic N) is 5. The number of likely N-dealkylation sites (tertiary alicyclic amines) is 1. The Bertz CT molecular complexity index is 1740. The fourth-order valence-corrected chi connectivity index (χ4v) is 6.51. The molecule has 45 heavy (non-hydrogen) atoms. The minimum Gasteiger partial charge on any atom is -0.484 e. The molecule has 236 valence electrons. The van der Waals surface area contributed by atoms with E-state index in [4.69, 9.17) is 4.74 Å². The third-order valence-electron chi connectivity index (χ3n) is 9.33. The first-order chi connectivity index (χ1) is 21.5. The SMILES string of the molecule is CCC(=O)c1cc(NC(=O)N[C@H]2CC[C@@H](Oc3ccc4nnc([C@]5(C)CCCN5C)n4c3)c3ccccc32)cc(C(C)(C)C)n1. The molecule has 3 atom stereocenters. The summed E-state index contributed by atoms with van der Waals surface area (Å²) in [6.45, 7) is 11.2. The third-order valence-corrected chi connectivity index (χ3v) is 9.33. The number of ether oxygens (including phenoxy) is 1. The summed E-state index contributed by atoms with van der Waals surface area (Å²) < 4.78 is 8.68. The number of aromatic nitrogens is 4. The van der Waals surface area contributed by atoms with Crippen LogP contribution in [0.25, 0.3) is 5.65 Å². The summed E-state index contributed by atoms with van der Waals surface area (Å²) >= 11 is 0. The monoisotopic (exact) mass is 609 g/mol. The second-order valence-corrected chi connectivity index (χ2v) is 13.5. The molecule has 1 aliphatic carbocycles. The topological polar surface area (TPSA) is 114 Å². The fourth-order valence-electron chi connectivity index (χ4n) is 6.51. The molecule has 10 heteroatoms. The van der Waals surface area contributed by atoms with Gasteiger partial charge in [0.05, 0.1) is 17.8 Å². The lowest BCUT2D eigenvalue weighted by Crippen LogP contribution is -2.37. The van der Waals surface area contributed by atoms with E-state index in [0.29, 0.717) is 24.2 Å². The number of carbonyl (C=O) groups is 2. The molecule has 4 heterocycles. The van der Waals surface area contributed by atoms with Crippen molar-refractivity contribution in [3.63, 3.8) is 0 Å². The van der Waals surface area contributed by atoms with Crippen LogP contribution in [0.1, 0.15) is 112 Å². The van der Waals surface area contributed by atoms with Gasteiger partial charge < -0.3 is 15.4 Å². The molecule has 0 radical (unpaired) electrons. The second kappa shape index (κ2) is 11.9. The molecule has 1 aliphatic heterocycles. The van der Waals surface area contributed by atoms with Gasteiger partial charge in [-0.05, 0) is 81.6 Å². The van der Waals surface area contributed by atoms with Gasteiger partial charge in [-0.3, -0.25) is 14.1 Å². The summed E-state index contributed by atoms with van der Waals surface area (Å²) in [6.07, 6.45) is 5.78. The third kappa shape index (κ3) is 6.03. The van der Waals surface area contributed by atoms with Crippen LogP contribution in [0.15, 0.2) is 54.7 Å². The van der Waals surface area contributed by atoms with Crippen LogP contribution in [-0.2, 0) is 11.0 Å². The van der Waals surface area contributed by atoms with Crippen LogP contribution in [0.2, 0.25) is 0 Å². The molecule has 6 rings (SSSR count). The van der Waals surface area contributed by atoms with Gasteiger partial charge in [0.25, 0.3) is 0 Å². The van der Waals surface area contributed by atoms with E-state index in [1.165, 1.54) is 0 Å². The van der Waals surface area contributed by atoms with Gasteiger partial charge in [0, 0.05) is 23.2 Å². The highest BCUT2D eigenvalue weighted by Crippen LogP contribution is 2.40. The number of amides is 2. The Labute approximate surface area is 264 Å². The Kier molecular flexibility index (Phi) is 8.11. The standard InChI is InChI=1S/C35H43N7O3/c1-7-28(43)27-19-22(20-30(37-27)34(2,3)4)36-33(44)38-26-14-15-29(25-12-9-8-11-24(25)26)45-23-13-16-31-39-40-32(42(31)21-23)35(5)17-10-18-41(35)6/h8-9,11-13,16,19-21,26,29H,7,10,14-15,17-18H2,1-6H3,(H2,36,37,38,44)/t26-,29+,35-/m0/s1. The number of rotatable bonds is 7. The number of hydrogen-bond acceptors (Lipinski definition) is 7. The zero-order valence-electron chi connectivity index (χ0n) is 27.1. The number of ketones is 1. The number of urea groups is 1. The van der Waals surface area contributed by atoms with E-state index in [1.807, 2.05) is 64.2 Å². The highest BCUT2D eigenvalue weighted by molar-refractivity contribution is 5.96. The van der Waals surface area contributed by atoms with Crippen molar-refractivity contribution in [3.8, 4) is 5.75 Å². The van der Waals surface area contributed by atoms with Crippen LogP contribution in [0, 0.1) is 0 Å². The summed E-state index contributed by atoms with van der Waals surface area (Å²) in [5, 5.41) is 15.1. The maximum Gasteiger partial charge on any atom is 0.319 e. The van der Waals surface area contributed by atoms with Crippen molar-refractivity contribution in [2.24, 2.45) is 0 Å². The van der Waals surface area contributed by atoms with Crippen LogP contribution in [0.5, 0.6) is 5.75 Å². The Morgan fingerprint density at radius 3 is 2.56 bits per heavy atom. The van der Waals surface area contributed by atoms with E-state index in [-0.39, 0.29) is 34.9 Å².